The third-order valence-corrected chi connectivity index (χ3v) is 7.01. The van der Waals surface area contributed by atoms with Crippen LogP contribution in [0.2, 0.25) is 0 Å². The molecule has 5 heterocycles. The number of anilines is 2. The average molecular weight is 498 g/mol. The van der Waals surface area contributed by atoms with Gasteiger partial charge in [-0.3, -0.25) is 9.08 Å². The van der Waals surface area contributed by atoms with E-state index in [2.05, 4.69) is 42.3 Å². The summed E-state index contributed by atoms with van der Waals surface area (Å²) in [5.41, 5.74) is 5.01. The molecule has 1 aliphatic rings. The van der Waals surface area contributed by atoms with Gasteiger partial charge in [0.2, 0.25) is 11.9 Å². The molecule has 1 aromatic carbocycles. The quantitative estimate of drug-likeness (QED) is 0.352. The Kier molecular flexibility index (Phi) is 5.99. The molecule has 1 atom stereocenters. The molecule has 0 unspecified atom stereocenters. The number of nitrogens with zero attached hydrogens (tertiary/aromatic N) is 9. The number of aryl methyl sites for hydroxylation is 1. The van der Waals surface area contributed by atoms with Gasteiger partial charge < -0.3 is 9.80 Å². The van der Waals surface area contributed by atoms with Gasteiger partial charge in [0.1, 0.15) is 17.8 Å². The van der Waals surface area contributed by atoms with Crippen LogP contribution in [0.15, 0.2) is 67.5 Å². The summed E-state index contributed by atoms with van der Waals surface area (Å²) >= 11 is 0. The van der Waals surface area contributed by atoms with Crippen molar-refractivity contribution in [2.24, 2.45) is 7.05 Å². The largest absolute Gasteiger partial charge is 0.338 e. The summed E-state index contributed by atoms with van der Waals surface area (Å²) in [6, 6.07) is 10.8. The summed E-state index contributed by atoms with van der Waals surface area (Å²) in [4.78, 5) is 23.0. The molecule has 0 bridgehead atoms. The van der Waals surface area contributed by atoms with Crippen molar-refractivity contribution in [3.05, 3.63) is 84.5 Å². The van der Waals surface area contributed by atoms with Gasteiger partial charge in [-0.25, -0.2) is 24.3 Å². The van der Waals surface area contributed by atoms with Crippen LogP contribution in [0.3, 0.4) is 0 Å². The van der Waals surface area contributed by atoms with Gasteiger partial charge in [0.25, 0.3) is 0 Å². The molecule has 0 spiro atoms. The summed E-state index contributed by atoms with van der Waals surface area (Å²) < 4.78 is 17.3. The summed E-state index contributed by atoms with van der Waals surface area (Å²) in [7, 11) is 1.91. The van der Waals surface area contributed by atoms with E-state index in [1.807, 2.05) is 50.0 Å². The highest BCUT2D eigenvalue weighted by molar-refractivity contribution is 5.67. The molecule has 188 valence electrons. The molecular weight excluding hydrogens is 469 g/mol. The normalized spacial score (nSPS) is 14.9. The van der Waals surface area contributed by atoms with Crippen molar-refractivity contribution >= 4 is 17.5 Å². The lowest BCUT2D eigenvalue weighted by Crippen LogP contribution is -2.48. The van der Waals surface area contributed by atoms with Crippen LogP contribution in [-0.2, 0) is 7.05 Å². The standard InChI is InChI=1S/C27H28FN9/c1-3-23(19-4-6-22(28)7-5-19)20-14-29-26(30-15-20)35-10-12-36(13-11-35)27-32-18-31-25-9-8-24(37(25)27)21-16-33-34(2)17-21/h4-9,14-18,23H,3,10-13H2,1-2H3/t23-/m1/s1. The number of aromatic nitrogens is 7. The first-order valence-electron chi connectivity index (χ1n) is 12.5. The van der Waals surface area contributed by atoms with Gasteiger partial charge in [0.15, 0.2) is 0 Å². The molecule has 0 N–H and O–H groups in total. The SMILES string of the molecule is CC[C@H](c1ccc(F)cc1)c1cnc(N2CCN(c3ncnc4ccc(-c5cnn(C)c5)n34)CC2)nc1. The Hall–Kier alpha value is -4.34. The number of piperazine rings is 1. The Morgan fingerprint density at radius 3 is 2.24 bits per heavy atom. The van der Waals surface area contributed by atoms with Crippen molar-refractivity contribution in [1.82, 2.24) is 34.1 Å². The van der Waals surface area contributed by atoms with Crippen molar-refractivity contribution in [2.45, 2.75) is 19.3 Å². The van der Waals surface area contributed by atoms with Gasteiger partial charge in [0.05, 0.1) is 11.9 Å². The first kappa shape index (κ1) is 23.1. The number of hydrogen-bond acceptors (Lipinski definition) is 7. The van der Waals surface area contributed by atoms with E-state index in [0.29, 0.717) is 0 Å². The van der Waals surface area contributed by atoms with Gasteiger partial charge >= 0.3 is 0 Å². The fourth-order valence-corrected chi connectivity index (χ4v) is 5.08. The van der Waals surface area contributed by atoms with E-state index in [4.69, 9.17) is 9.97 Å². The van der Waals surface area contributed by atoms with Crippen LogP contribution in [0, 0.1) is 5.82 Å². The summed E-state index contributed by atoms with van der Waals surface area (Å²) in [6.07, 6.45) is 10.2. The highest BCUT2D eigenvalue weighted by Crippen LogP contribution is 2.29. The van der Waals surface area contributed by atoms with Crippen LogP contribution in [0.5, 0.6) is 0 Å². The highest BCUT2D eigenvalue weighted by Gasteiger charge is 2.23. The van der Waals surface area contributed by atoms with Gasteiger partial charge in [-0.05, 0) is 41.8 Å². The maximum Gasteiger partial charge on any atom is 0.225 e. The Labute approximate surface area is 214 Å². The van der Waals surface area contributed by atoms with E-state index in [9.17, 15) is 4.39 Å². The molecule has 1 fully saturated rings. The molecule has 0 amide bonds. The van der Waals surface area contributed by atoms with E-state index < -0.39 is 0 Å². The second-order valence-electron chi connectivity index (χ2n) is 9.29. The summed E-state index contributed by atoms with van der Waals surface area (Å²) in [5.74, 6) is 1.51. The molecule has 0 saturated carbocycles. The monoisotopic (exact) mass is 497 g/mol. The van der Waals surface area contributed by atoms with Crippen LogP contribution in [0.4, 0.5) is 16.3 Å². The number of hydrogen-bond donors (Lipinski definition) is 0. The Morgan fingerprint density at radius 2 is 1.57 bits per heavy atom. The number of rotatable bonds is 6. The van der Waals surface area contributed by atoms with Crippen LogP contribution in [0.1, 0.15) is 30.4 Å². The van der Waals surface area contributed by atoms with Gasteiger partial charge in [-0.1, -0.05) is 19.1 Å². The van der Waals surface area contributed by atoms with E-state index in [0.717, 1.165) is 72.5 Å². The smallest absolute Gasteiger partial charge is 0.225 e. The van der Waals surface area contributed by atoms with Crippen LogP contribution in [-0.4, -0.2) is 60.3 Å². The summed E-state index contributed by atoms with van der Waals surface area (Å²) in [6.45, 7) is 5.26. The van der Waals surface area contributed by atoms with Gasteiger partial charge in [-0.15, -0.1) is 0 Å². The second kappa shape index (κ2) is 9.61. The molecule has 5 aromatic rings. The van der Waals surface area contributed by atoms with Gasteiger partial charge in [0, 0.05) is 63.3 Å². The average Bonchev–Trinajstić information content (AvgIpc) is 3.57. The van der Waals surface area contributed by atoms with Crippen molar-refractivity contribution in [3.8, 4) is 11.3 Å². The molecule has 1 aliphatic heterocycles. The fourth-order valence-electron chi connectivity index (χ4n) is 5.08. The molecule has 9 nitrogen and oxygen atoms in total. The minimum Gasteiger partial charge on any atom is -0.338 e. The third kappa shape index (κ3) is 4.39. The molecule has 10 heteroatoms. The van der Waals surface area contributed by atoms with Crippen molar-refractivity contribution < 1.29 is 4.39 Å². The molecule has 37 heavy (non-hydrogen) atoms. The lowest BCUT2D eigenvalue weighted by atomic mass is 9.91. The first-order valence-corrected chi connectivity index (χ1v) is 12.5. The Bertz CT molecular complexity index is 1500. The lowest BCUT2D eigenvalue weighted by molar-refractivity contribution is 0.622. The van der Waals surface area contributed by atoms with E-state index in [1.54, 1.807) is 11.0 Å². The Balaban J connectivity index is 1.18. The molecule has 0 aliphatic carbocycles. The van der Waals surface area contributed by atoms with Crippen molar-refractivity contribution in [1.29, 1.82) is 0 Å². The van der Waals surface area contributed by atoms with E-state index >= 15 is 0 Å². The van der Waals surface area contributed by atoms with E-state index in [-0.39, 0.29) is 11.7 Å². The molecular formula is C27H28FN9. The zero-order valence-electron chi connectivity index (χ0n) is 20.9. The molecule has 1 saturated heterocycles. The minimum absolute atomic E-state index is 0.141. The molecule has 4 aromatic heterocycles. The minimum atomic E-state index is -0.225. The van der Waals surface area contributed by atoms with Gasteiger partial charge in [-0.2, -0.15) is 5.10 Å². The number of benzene rings is 1. The lowest BCUT2D eigenvalue weighted by Gasteiger charge is -2.35. The maximum atomic E-state index is 13.4. The zero-order valence-corrected chi connectivity index (χ0v) is 20.9. The van der Waals surface area contributed by atoms with Crippen LogP contribution >= 0.6 is 0 Å². The van der Waals surface area contributed by atoms with E-state index in [1.165, 1.54) is 12.1 Å². The second-order valence-corrected chi connectivity index (χ2v) is 9.29. The molecule has 0 radical (unpaired) electrons. The Morgan fingerprint density at radius 1 is 0.838 bits per heavy atom. The van der Waals surface area contributed by atoms with Crippen LogP contribution in [0.25, 0.3) is 16.9 Å². The number of fused-ring (bicyclic) bond motifs is 1. The molecule has 6 rings (SSSR count). The maximum absolute atomic E-state index is 13.4. The number of halogens is 1. The van der Waals surface area contributed by atoms with Crippen molar-refractivity contribution in [2.75, 3.05) is 36.0 Å². The predicted octanol–water partition coefficient (Wildman–Crippen LogP) is 3.93. The topological polar surface area (TPSA) is 80.3 Å². The highest BCUT2D eigenvalue weighted by atomic mass is 19.1. The van der Waals surface area contributed by atoms with Crippen LogP contribution < -0.4 is 9.80 Å². The predicted molar refractivity (Wildman–Crippen MR) is 140 cm³/mol. The van der Waals surface area contributed by atoms with Crippen molar-refractivity contribution in [3.63, 3.8) is 0 Å². The zero-order chi connectivity index (χ0) is 25.4. The first-order chi connectivity index (χ1) is 18.1. The summed E-state index contributed by atoms with van der Waals surface area (Å²) in [5, 5.41) is 4.32. The fraction of sp³-hybridized carbons (Fsp3) is 0.296. The third-order valence-electron chi connectivity index (χ3n) is 7.01.